The van der Waals surface area contributed by atoms with Gasteiger partial charge in [0.1, 0.15) is 17.3 Å². The standard InChI is InChI=1S/C18H19NO5S/c1-13-7-9-14(10-8-13)16(20)11-25(22,23)12-18(21)19-15-5-3-4-6-17(15)24-2/h3-10H,11-12H2,1-2H3,(H,19,21). The molecule has 7 heteroatoms. The number of methoxy groups -OCH3 is 1. The Bertz CT molecular complexity index is 873. The Morgan fingerprint density at radius 3 is 2.28 bits per heavy atom. The molecular formula is C18H19NO5S. The van der Waals surface area contributed by atoms with Gasteiger partial charge >= 0.3 is 0 Å². The number of hydrogen-bond acceptors (Lipinski definition) is 5. The van der Waals surface area contributed by atoms with Crippen molar-refractivity contribution in [2.45, 2.75) is 6.92 Å². The molecule has 1 amide bonds. The molecule has 0 aliphatic rings. The summed E-state index contributed by atoms with van der Waals surface area (Å²) in [5.41, 5.74) is 1.64. The van der Waals surface area contributed by atoms with E-state index in [1.165, 1.54) is 7.11 Å². The number of benzene rings is 2. The number of aryl methyl sites for hydroxylation is 1. The minimum absolute atomic E-state index is 0.305. The highest BCUT2D eigenvalue weighted by atomic mass is 32.2. The summed E-state index contributed by atoms with van der Waals surface area (Å²) in [6, 6.07) is 13.3. The van der Waals surface area contributed by atoms with Gasteiger partial charge in [-0.1, -0.05) is 42.0 Å². The molecule has 0 bridgehead atoms. The summed E-state index contributed by atoms with van der Waals surface area (Å²) in [7, 11) is -2.43. The summed E-state index contributed by atoms with van der Waals surface area (Å²) in [5.74, 6) is -2.33. The first kappa shape index (κ1) is 18.7. The number of carbonyl (C=O) groups excluding carboxylic acids is 2. The monoisotopic (exact) mass is 361 g/mol. The van der Waals surface area contributed by atoms with Crippen LogP contribution in [0.15, 0.2) is 48.5 Å². The van der Waals surface area contributed by atoms with E-state index in [0.29, 0.717) is 17.0 Å². The zero-order valence-electron chi connectivity index (χ0n) is 14.0. The highest BCUT2D eigenvalue weighted by Gasteiger charge is 2.22. The normalized spacial score (nSPS) is 11.0. The molecule has 0 fully saturated rings. The summed E-state index contributed by atoms with van der Waals surface area (Å²) in [6.07, 6.45) is 0. The van der Waals surface area contributed by atoms with E-state index in [1.807, 2.05) is 6.92 Å². The van der Waals surface area contributed by atoms with Gasteiger partial charge in [0.25, 0.3) is 0 Å². The van der Waals surface area contributed by atoms with Crippen LogP contribution in [0.3, 0.4) is 0 Å². The molecule has 0 atom stereocenters. The fourth-order valence-electron chi connectivity index (χ4n) is 2.21. The van der Waals surface area contributed by atoms with Gasteiger partial charge in [0, 0.05) is 5.56 Å². The number of anilines is 1. The maximum Gasteiger partial charge on any atom is 0.239 e. The largest absolute Gasteiger partial charge is 0.495 e. The smallest absolute Gasteiger partial charge is 0.239 e. The lowest BCUT2D eigenvalue weighted by atomic mass is 10.1. The average Bonchev–Trinajstić information content (AvgIpc) is 2.54. The number of hydrogen-bond donors (Lipinski definition) is 1. The second-order valence-corrected chi connectivity index (χ2v) is 7.63. The minimum atomic E-state index is -3.88. The average molecular weight is 361 g/mol. The van der Waals surface area contributed by atoms with Crippen molar-refractivity contribution < 1.29 is 22.7 Å². The molecule has 0 saturated carbocycles. The molecule has 6 nitrogen and oxygen atoms in total. The van der Waals surface area contributed by atoms with Crippen molar-refractivity contribution in [3.05, 3.63) is 59.7 Å². The molecule has 0 aliphatic heterocycles. The molecule has 0 saturated heterocycles. The van der Waals surface area contributed by atoms with Gasteiger partial charge < -0.3 is 10.1 Å². The van der Waals surface area contributed by atoms with Crippen molar-refractivity contribution >= 4 is 27.2 Å². The van der Waals surface area contributed by atoms with E-state index >= 15 is 0 Å². The van der Waals surface area contributed by atoms with E-state index in [2.05, 4.69) is 5.32 Å². The fourth-order valence-corrected chi connectivity index (χ4v) is 3.35. The maximum atomic E-state index is 12.1. The van der Waals surface area contributed by atoms with Gasteiger partial charge in [0.05, 0.1) is 12.8 Å². The Labute approximate surface area is 146 Å². The number of ketones is 1. The van der Waals surface area contributed by atoms with Crippen molar-refractivity contribution in [1.29, 1.82) is 0 Å². The summed E-state index contributed by atoms with van der Waals surface area (Å²) < 4.78 is 29.3. The topological polar surface area (TPSA) is 89.5 Å². The van der Waals surface area contributed by atoms with Crippen molar-refractivity contribution in [2.75, 3.05) is 23.9 Å². The van der Waals surface area contributed by atoms with Gasteiger partial charge in [-0.25, -0.2) is 8.42 Å². The highest BCUT2D eigenvalue weighted by molar-refractivity contribution is 7.92. The number of sulfone groups is 1. The van der Waals surface area contributed by atoms with Gasteiger partial charge in [-0.2, -0.15) is 0 Å². The lowest BCUT2D eigenvalue weighted by Gasteiger charge is -2.10. The maximum absolute atomic E-state index is 12.1. The van der Waals surface area contributed by atoms with Gasteiger partial charge in [-0.15, -0.1) is 0 Å². The van der Waals surface area contributed by atoms with E-state index < -0.39 is 33.0 Å². The lowest BCUT2D eigenvalue weighted by Crippen LogP contribution is -2.27. The molecule has 0 unspecified atom stereocenters. The second kappa shape index (κ2) is 7.94. The Kier molecular flexibility index (Phi) is 5.93. The molecule has 0 aliphatic carbocycles. The van der Waals surface area contributed by atoms with E-state index in [4.69, 9.17) is 4.74 Å². The predicted octanol–water partition coefficient (Wildman–Crippen LogP) is 2.24. The minimum Gasteiger partial charge on any atom is -0.495 e. The first-order valence-corrected chi connectivity index (χ1v) is 9.36. The molecule has 2 aromatic rings. The van der Waals surface area contributed by atoms with Crippen LogP contribution in [0.25, 0.3) is 0 Å². The Morgan fingerprint density at radius 2 is 1.64 bits per heavy atom. The van der Waals surface area contributed by atoms with E-state index in [9.17, 15) is 18.0 Å². The third kappa shape index (κ3) is 5.42. The Balaban J connectivity index is 2.01. The molecule has 0 spiro atoms. The van der Waals surface area contributed by atoms with Crippen molar-refractivity contribution in [1.82, 2.24) is 0 Å². The first-order valence-electron chi connectivity index (χ1n) is 7.54. The number of carbonyl (C=O) groups is 2. The number of Topliss-reactive ketones (excluding diaryl/α,β-unsaturated/α-hetero) is 1. The fraction of sp³-hybridized carbons (Fsp3) is 0.222. The Morgan fingerprint density at radius 1 is 1.00 bits per heavy atom. The number of nitrogens with one attached hydrogen (secondary N) is 1. The van der Waals surface area contributed by atoms with E-state index in [-0.39, 0.29) is 0 Å². The van der Waals surface area contributed by atoms with Crippen LogP contribution in [0, 0.1) is 6.92 Å². The molecule has 2 aromatic carbocycles. The van der Waals surface area contributed by atoms with Crippen LogP contribution < -0.4 is 10.1 Å². The summed E-state index contributed by atoms with van der Waals surface area (Å²) in [6.45, 7) is 1.87. The summed E-state index contributed by atoms with van der Waals surface area (Å²) >= 11 is 0. The third-order valence-electron chi connectivity index (χ3n) is 3.46. The number of rotatable bonds is 7. The van der Waals surface area contributed by atoms with Gasteiger partial charge in [-0.05, 0) is 19.1 Å². The molecule has 2 rings (SSSR count). The van der Waals surface area contributed by atoms with Gasteiger partial charge in [0.2, 0.25) is 5.91 Å². The van der Waals surface area contributed by atoms with Crippen LogP contribution in [0.2, 0.25) is 0 Å². The van der Waals surface area contributed by atoms with Crippen molar-refractivity contribution in [3.8, 4) is 5.75 Å². The molecule has 0 aromatic heterocycles. The quantitative estimate of drug-likeness (QED) is 0.764. The van der Waals surface area contributed by atoms with Gasteiger partial charge in [0.15, 0.2) is 15.6 Å². The van der Waals surface area contributed by atoms with E-state index in [1.54, 1.807) is 48.5 Å². The number of ether oxygens (including phenoxy) is 1. The number of para-hydroxylation sites is 2. The molecular weight excluding hydrogens is 342 g/mol. The summed E-state index contributed by atoms with van der Waals surface area (Å²) in [4.78, 5) is 24.1. The molecule has 25 heavy (non-hydrogen) atoms. The Hall–Kier alpha value is -2.67. The lowest BCUT2D eigenvalue weighted by molar-refractivity contribution is -0.113. The van der Waals surface area contributed by atoms with Crippen LogP contribution in [-0.2, 0) is 14.6 Å². The SMILES string of the molecule is COc1ccccc1NC(=O)CS(=O)(=O)CC(=O)c1ccc(C)cc1. The first-order chi connectivity index (χ1) is 11.8. The predicted molar refractivity (Wildman–Crippen MR) is 95.8 cm³/mol. The zero-order valence-corrected chi connectivity index (χ0v) is 14.8. The molecule has 0 radical (unpaired) electrons. The third-order valence-corrected chi connectivity index (χ3v) is 4.86. The van der Waals surface area contributed by atoms with Crippen molar-refractivity contribution in [2.24, 2.45) is 0 Å². The van der Waals surface area contributed by atoms with Crippen LogP contribution in [0.5, 0.6) is 5.75 Å². The molecule has 0 heterocycles. The second-order valence-electron chi connectivity index (χ2n) is 5.57. The molecule has 1 N–H and O–H groups in total. The van der Waals surface area contributed by atoms with Crippen LogP contribution >= 0.6 is 0 Å². The van der Waals surface area contributed by atoms with Crippen LogP contribution in [0.4, 0.5) is 5.69 Å². The summed E-state index contributed by atoms with van der Waals surface area (Å²) in [5, 5.41) is 2.48. The van der Waals surface area contributed by atoms with E-state index in [0.717, 1.165) is 5.56 Å². The van der Waals surface area contributed by atoms with Crippen LogP contribution in [-0.4, -0.2) is 38.7 Å². The number of amides is 1. The van der Waals surface area contributed by atoms with Crippen LogP contribution in [0.1, 0.15) is 15.9 Å². The highest BCUT2D eigenvalue weighted by Crippen LogP contribution is 2.22. The van der Waals surface area contributed by atoms with Gasteiger partial charge in [-0.3, -0.25) is 9.59 Å². The van der Waals surface area contributed by atoms with Crippen molar-refractivity contribution in [3.63, 3.8) is 0 Å². The zero-order chi connectivity index (χ0) is 18.4. The molecule has 132 valence electrons.